The van der Waals surface area contributed by atoms with Crippen LogP contribution in [0.4, 0.5) is 10.5 Å². The first-order chi connectivity index (χ1) is 12.1. The number of para-hydroxylation sites is 1. The summed E-state index contributed by atoms with van der Waals surface area (Å²) in [6.45, 7) is 0.748. The van der Waals surface area contributed by atoms with Crippen LogP contribution in [0, 0.1) is 0 Å². The second-order valence-corrected chi connectivity index (χ2v) is 6.19. The Morgan fingerprint density at radius 1 is 1.08 bits per heavy atom. The number of amides is 1. The molecule has 1 heterocycles. The summed E-state index contributed by atoms with van der Waals surface area (Å²) < 4.78 is 5.47. The molecule has 1 N–H and O–H groups in total. The zero-order valence-corrected chi connectivity index (χ0v) is 13.9. The van der Waals surface area contributed by atoms with Crippen LogP contribution >= 0.6 is 0 Å². The van der Waals surface area contributed by atoms with E-state index in [0.717, 1.165) is 29.7 Å². The van der Waals surface area contributed by atoms with E-state index in [2.05, 4.69) is 0 Å². The molecular formula is C20H21NO4. The number of nitrogens with zero attached hydrogens (tertiary/aromatic N) is 1. The highest BCUT2D eigenvalue weighted by atomic mass is 16.6. The molecule has 2 aromatic rings. The lowest BCUT2D eigenvalue weighted by molar-refractivity contribution is -0.137. The van der Waals surface area contributed by atoms with Crippen molar-refractivity contribution >= 4 is 17.7 Å². The zero-order valence-electron chi connectivity index (χ0n) is 13.9. The molecule has 1 amide bonds. The molecule has 0 fully saturated rings. The Morgan fingerprint density at radius 2 is 1.80 bits per heavy atom. The lowest BCUT2D eigenvalue weighted by Gasteiger charge is -2.23. The Hall–Kier alpha value is -2.82. The molecule has 3 rings (SSSR count). The number of fused-ring (bicyclic) bond motifs is 1. The fourth-order valence-electron chi connectivity index (χ4n) is 3.26. The van der Waals surface area contributed by atoms with Crippen molar-refractivity contribution in [2.45, 2.75) is 31.8 Å². The number of hydrogen-bond donors (Lipinski definition) is 1. The van der Waals surface area contributed by atoms with Gasteiger partial charge in [0.25, 0.3) is 0 Å². The smallest absolute Gasteiger partial charge is 0.414 e. The van der Waals surface area contributed by atoms with E-state index in [1.54, 1.807) is 4.90 Å². The Balaban J connectivity index is 1.78. The predicted octanol–water partition coefficient (Wildman–Crippen LogP) is 4.18. The van der Waals surface area contributed by atoms with Gasteiger partial charge in [-0.2, -0.15) is 0 Å². The molecule has 1 aliphatic rings. The molecule has 1 unspecified atom stereocenters. The Morgan fingerprint density at radius 3 is 2.56 bits per heavy atom. The van der Waals surface area contributed by atoms with Crippen LogP contribution in [0.5, 0.6) is 0 Å². The average molecular weight is 339 g/mol. The highest BCUT2D eigenvalue weighted by Gasteiger charge is 2.28. The lowest BCUT2D eigenvalue weighted by Crippen LogP contribution is -2.32. The maximum absolute atomic E-state index is 12.6. The Kier molecular flexibility index (Phi) is 5.33. The number of hydrogen-bond acceptors (Lipinski definition) is 3. The summed E-state index contributed by atoms with van der Waals surface area (Å²) in [6.07, 6.45) is 1.16. The van der Waals surface area contributed by atoms with Gasteiger partial charge in [-0.3, -0.25) is 9.69 Å². The Bertz CT molecular complexity index is 744. The fraction of sp³-hybridized carbons (Fsp3) is 0.300. The van der Waals surface area contributed by atoms with Gasteiger partial charge in [-0.1, -0.05) is 48.5 Å². The van der Waals surface area contributed by atoms with Gasteiger partial charge < -0.3 is 9.84 Å². The van der Waals surface area contributed by atoms with Crippen molar-refractivity contribution < 1.29 is 19.4 Å². The van der Waals surface area contributed by atoms with Crippen molar-refractivity contribution in [2.24, 2.45) is 0 Å². The van der Waals surface area contributed by atoms with E-state index >= 15 is 0 Å². The first-order valence-electron chi connectivity index (χ1n) is 8.44. The van der Waals surface area contributed by atoms with E-state index < -0.39 is 12.1 Å². The summed E-state index contributed by atoms with van der Waals surface area (Å²) in [7, 11) is 0. The van der Waals surface area contributed by atoms with Gasteiger partial charge in [0.15, 0.2) is 0 Å². The van der Waals surface area contributed by atoms with Gasteiger partial charge in [0.05, 0.1) is 12.1 Å². The molecule has 130 valence electrons. The third-order valence-electron chi connectivity index (χ3n) is 4.45. The molecule has 0 saturated heterocycles. The summed E-state index contributed by atoms with van der Waals surface area (Å²) in [5.41, 5.74) is 2.59. The largest absolute Gasteiger partial charge is 0.481 e. The number of aliphatic carboxylic acids is 1. The zero-order chi connectivity index (χ0) is 17.6. The first kappa shape index (κ1) is 17.0. The van der Waals surface area contributed by atoms with Crippen LogP contribution in [0.2, 0.25) is 0 Å². The average Bonchev–Trinajstić information content (AvgIpc) is 2.80. The molecule has 0 spiro atoms. The number of benzene rings is 2. The van der Waals surface area contributed by atoms with E-state index in [4.69, 9.17) is 9.84 Å². The lowest BCUT2D eigenvalue weighted by atomic mass is 9.91. The number of carboxylic acid groups (broad SMARTS) is 1. The molecule has 1 aliphatic heterocycles. The van der Waals surface area contributed by atoms with E-state index in [1.165, 1.54) is 0 Å². The summed E-state index contributed by atoms with van der Waals surface area (Å²) in [5, 5.41) is 9.16. The topological polar surface area (TPSA) is 66.8 Å². The molecular weight excluding hydrogens is 318 g/mol. The summed E-state index contributed by atoms with van der Waals surface area (Å²) in [5.74, 6) is -0.902. The van der Waals surface area contributed by atoms with Crippen molar-refractivity contribution in [3.8, 4) is 0 Å². The summed E-state index contributed by atoms with van der Waals surface area (Å²) in [6, 6.07) is 17.1. The minimum Gasteiger partial charge on any atom is -0.481 e. The van der Waals surface area contributed by atoms with Crippen LogP contribution in [-0.2, 0) is 16.1 Å². The number of carbonyl (C=O) groups is 2. The van der Waals surface area contributed by atoms with Crippen LogP contribution in [0.1, 0.15) is 36.3 Å². The molecule has 0 saturated carbocycles. The quantitative estimate of drug-likeness (QED) is 0.907. The minimum atomic E-state index is -0.820. The van der Waals surface area contributed by atoms with E-state index in [9.17, 15) is 9.59 Å². The molecule has 1 atom stereocenters. The number of ether oxygens (including phenoxy) is 1. The van der Waals surface area contributed by atoms with Crippen LogP contribution in [0.25, 0.3) is 0 Å². The second-order valence-electron chi connectivity index (χ2n) is 6.19. The van der Waals surface area contributed by atoms with Crippen LogP contribution in [-0.4, -0.2) is 23.7 Å². The Labute approximate surface area is 146 Å². The first-order valence-corrected chi connectivity index (χ1v) is 8.44. The molecule has 5 heteroatoms. The van der Waals surface area contributed by atoms with Gasteiger partial charge in [-0.15, -0.1) is 0 Å². The van der Waals surface area contributed by atoms with Crippen LogP contribution in [0.3, 0.4) is 0 Å². The maximum Gasteiger partial charge on any atom is 0.414 e. The summed E-state index contributed by atoms with van der Waals surface area (Å²) in [4.78, 5) is 25.4. The van der Waals surface area contributed by atoms with Gasteiger partial charge in [0.2, 0.25) is 0 Å². The minimum absolute atomic E-state index is 0.0733. The molecule has 0 aromatic heterocycles. The van der Waals surface area contributed by atoms with Crippen molar-refractivity contribution in [3.05, 3.63) is 65.7 Å². The molecule has 2 aromatic carbocycles. The highest BCUT2D eigenvalue weighted by Crippen LogP contribution is 2.36. The van der Waals surface area contributed by atoms with Gasteiger partial charge in [-0.05, 0) is 36.0 Å². The molecule has 0 aliphatic carbocycles. The number of carboxylic acids is 1. The number of carbonyl (C=O) groups excluding carboxylic acids is 1. The normalized spacial score (nSPS) is 16.6. The van der Waals surface area contributed by atoms with Gasteiger partial charge in [-0.25, -0.2) is 4.79 Å². The SMILES string of the molecule is O=C(O)CC1CCCN(C(=O)OCc2ccccc2)c2ccccc21. The third kappa shape index (κ3) is 4.18. The van der Waals surface area contributed by atoms with Crippen LogP contribution < -0.4 is 4.90 Å². The fourth-order valence-corrected chi connectivity index (χ4v) is 3.26. The van der Waals surface area contributed by atoms with Gasteiger partial charge >= 0.3 is 12.1 Å². The standard InChI is InChI=1S/C20H21NO4/c22-19(23)13-16-9-6-12-21(18-11-5-4-10-17(16)18)20(24)25-14-15-7-2-1-3-8-15/h1-5,7-8,10-11,16H,6,9,12-14H2,(H,22,23). The molecule has 0 radical (unpaired) electrons. The highest BCUT2D eigenvalue weighted by molar-refractivity contribution is 5.89. The third-order valence-corrected chi connectivity index (χ3v) is 4.45. The summed E-state index contributed by atoms with van der Waals surface area (Å²) >= 11 is 0. The second kappa shape index (κ2) is 7.83. The van der Waals surface area contributed by atoms with Crippen molar-refractivity contribution in [2.75, 3.05) is 11.4 Å². The van der Waals surface area contributed by atoms with Crippen molar-refractivity contribution in [3.63, 3.8) is 0 Å². The van der Waals surface area contributed by atoms with Crippen molar-refractivity contribution in [1.29, 1.82) is 0 Å². The van der Waals surface area contributed by atoms with E-state index in [-0.39, 0.29) is 18.9 Å². The van der Waals surface area contributed by atoms with Crippen LogP contribution in [0.15, 0.2) is 54.6 Å². The molecule has 0 bridgehead atoms. The molecule has 25 heavy (non-hydrogen) atoms. The predicted molar refractivity (Wildman–Crippen MR) is 94.6 cm³/mol. The van der Waals surface area contributed by atoms with Gasteiger partial charge in [0.1, 0.15) is 6.61 Å². The number of anilines is 1. The maximum atomic E-state index is 12.6. The van der Waals surface area contributed by atoms with E-state index in [0.29, 0.717) is 6.54 Å². The number of rotatable bonds is 4. The van der Waals surface area contributed by atoms with E-state index in [1.807, 2.05) is 54.6 Å². The van der Waals surface area contributed by atoms with Gasteiger partial charge in [0, 0.05) is 6.54 Å². The molecule has 5 nitrogen and oxygen atoms in total. The monoisotopic (exact) mass is 339 g/mol. The van der Waals surface area contributed by atoms with Crippen molar-refractivity contribution in [1.82, 2.24) is 0 Å².